The van der Waals surface area contributed by atoms with Crippen LogP contribution in [0.3, 0.4) is 0 Å². The largest absolute Gasteiger partial charge is 0.459 e. The minimum atomic E-state index is -1.90. The van der Waals surface area contributed by atoms with Gasteiger partial charge in [0.2, 0.25) is 0 Å². The van der Waals surface area contributed by atoms with Crippen molar-refractivity contribution in [2.24, 2.45) is 23.7 Å². The quantitative estimate of drug-likeness (QED) is 0.243. The first-order valence-electron chi connectivity index (χ1n) is 18.5. The number of nitrogens with zero attached hydrogens (tertiary/aromatic N) is 1. The summed E-state index contributed by atoms with van der Waals surface area (Å²) in [5, 5.41) is 57.8. The molecule has 0 aromatic heterocycles. The summed E-state index contributed by atoms with van der Waals surface area (Å²) >= 11 is 0. The fourth-order valence-electron chi connectivity index (χ4n) is 8.53. The first-order valence-corrected chi connectivity index (χ1v) is 18.5. The molecule has 0 aromatic carbocycles. The van der Waals surface area contributed by atoms with Crippen molar-refractivity contribution in [2.75, 3.05) is 21.2 Å². The summed E-state index contributed by atoms with van der Waals surface area (Å²) in [6.45, 7) is 17.2. The molecule has 0 radical (unpaired) electrons. The number of carbonyl (C=O) groups excluding carboxylic acids is 1. The molecule has 0 aromatic rings. The summed E-state index contributed by atoms with van der Waals surface area (Å²) in [6, 6.07) is 0.167. The molecule has 0 aliphatic carbocycles. The Kier molecular flexibility index (Phi) is 14.8. The van der Waals surface area contributed by atoms with Gasteiger partial charge in [0.25, 0.3) is 0 Å². The van der Waals surface area contributed by atoms with Crippen molar-refractivity contribution in [2.45, 2.75) is 186 Å². The van der Waals surface area contributed by atoms with Crippen LogP contribution in [0.15, 0.2) is 0 Å². The number of cyclic esters (lactones) is 1. The monoisotopic (exact) mass is 719 g/mol. The number of ether oxygens (including phenoxy) is 6. The first-order chi connectivity index (χ1) is 23.0. The second-order valence-corrected chi connectivity index (χ2v) is 16.6. The Morgan fingerprint density at radius 1 is 0.860 bits per heavy atom. The van der Waals surface area contributed by atoms with E-state index in [-0.39, 0.29) is 31.4 Å². The summed E-state index contributed by atoms with van der Waals surface area (Å²) < 4.78 is 37.5. The lowest BCUT2D eigenvalue weighted by Crippen LogP contribution is -2.60. The van der Waals surface area contributed by atoms with Gasteiger partial charge in [-0.15, -0.1) is 0 Å². The maximum atomic E-state index is 14.1. The van der Waals surface area contributed by atoms with Gasteiger partial charge < -0.3 is 58.9 Å². The van der Waals surface area contributed by atoms with Crippen molar-refractivity contribution >= 4 is 5.97 Å². The van der Waals surface area contributed by atoms with E-state index in [0.717, 1.165) is 6.42 Å². The molecule has 0 amide bonds. The van der Waals surface area contributed by atoms with E-state index < -0.39 is 102 Å². The zero-order valence-electron chi connectivity index (χ0n) is 32.7. The summed E-state index contributed by atoms with van der Waals surface area (Å²) in [7, 11) is 5.52. The molecule has 294 valence electrons. The molecule has 7 unspecified atom stereocenters. The highest BCUT2D eigenvalue weighted by Crippen LogP contribution is 2.41. The maximum Gasteiger partial charge on any atom is 0.311 e. The Morgan fingerprint density at radius 3 is 2.04 bits per heavy atom. The van der Waals surface area contributed by atoms with Crippen LogP contribution in [-0.2, 0) is 33.2 Å². The number of aliphatic hydroxyl groups is 5. The highest BCUT2D eigenvalue weighted by molar-refractivity contribution is 5.73. The minimum absolute atomic E-state index is 0.0510. The Morgan fingerprint density at radius 2 is 1.48 bits per heavy atom. The lowest BCUT2D eigenvalue weighted by Gasteiger charge is -2.49. The van der Waals surface area contributed by atoms with E-state index in [9.17, 15) is 30.3 Å². The van der Waals surface area contributed by atoms with E-state index in [1.165, 1.54) is 14.0 Å². The summed E-state index contributed by atoms with van der Waals surface area (Å²) in [4.78, 5) is 16.2. The molecular formula is C37H69NO12. The third-order valence-corrected chi connectivity index (χ3v) is 12.0. The zero-order chi connectivity index (χ0) is 38.1. The second kappa shape index (κ2) is 17.0. The molecule has 13 heteroatoms. The second-order valence-electron chi connectivity index (χ2n) is 16.6. The van der Waals surface area contributed by atoms with Gasteiger partial charge in [-0.05, 0) is 80.8 Å². The highest BCUT2D eigenvalue weighted by atomic mass is 16.7. The smallest absolute Gasteiger partial charge is 0.311 e. The Hall–Kier alpha value is -0.970. The third kappa shape index (κ3) is 9.57. The van der Waals surface area contributed by atoms with Crippen LogP contribution < -0.4 is 0 Å². The van der Waals surface area contributed by atoms with Crippen LogP contribution in [0, 0.1) is 23.7 Å². The van der Waals surface area contributed by atoms with Crippen LogP contribution in [-0.4, -0.2) is 142 Å². The fraction of sp³-hybridized carbons (Fsp3) is 0.973. The molecule has 0 bridgehead atoms. The predicted octanol–water partition coefficient (Wildman–Crippen LogP) is 2.61. The summed E-state index contributed by atoms with van der Waals surface area (Å²) in [6.07, 6.45) is -7.23. The average Bonchev–Trinajstić information content (AvgIpc) is 3.04. The molecule has 13 nitrogen and oxygen atoms in total. The lowest BCUT2D eigenvalue weighted by molar-refractivity contribution is -0.309. The molecule has 0 spiro atoms. The van der Waals surface area contributed by atoms with Gasteiger partial charge in [0.05, 0.1) is 53.7 Å². The molecular weight excluding hydrogens is 650 g/mol. The van der Waals surface area contributed by atoms with Crippen molar-refractivity contribution < 1.29 is 58.7 Å². The van der Waals surface area contributed by atoms with Gasteiger partial charge in [-0.2, -0.15) is 0 Å². The van der Waals surface area contributed by atoms with Gasteiger partial charge in [-0.1, -0.05) is 27.7 Å². The van der Waals surface area contributed by atoms with Crippen LogP contribution in [0.1, 0.15) is 101 Å². The topological polar surface area (TPSA) is 177 Å². The van der Waals surface area contributed by atoms with Gasteiger partial charge in [-0.25, -0.2) is 0 Å². The van der Waals surface area contributed by atoms with Crippen LogP contribution >= 0.6 is 0 Å². The van der Waals surface area contributed by atoms with Crippen LogP contribution in [0.25, 0.3) is 0 Å². The number of methoxy groups -OCH3 is 1. The normalized spacial score (nSPS) is 50.5. The van der Waals surface area contributed by atoms with Crippen molar-refractivity contribution in [1.82, 2.24) is 4.90 Å². The fourth-order valence-corrected chi connectivity index (χ4v) is 8.53. The number of hydrogen-bond donors (Lipinski definition) is 5. The number of hydrogen-bond acceptors (Lipinski definition) is 13. The van der Waals surface area contributed by atoms with Gasteiger partial charge in [0.1, 0.15) is 17.8 Å². The van der Waals surface area contributed by atoms with Crippen molar-refractivity contribution in [1.29, 1.82) is 0 Å². The van der Waals surface area contributed by atoms with E-state index in [1.807, 2.05) is 27.9 Å². The summed E-state index contributed by atoms with van der Waals surface area (Å²) in [5.74, 6) is -3.75. The molecule has 18 atom stereocenters. The molecule has 3 rings (SSSR count). The van der Waals surface area contributed by atoms with Gasteiger partial charge in [0, 0.05) is 37.8 Å². The third-order valence-electron chi connectivity index (χ3n) is 12.0. The molecule has 3 heterocycles. The van der Waals surface area contributed by atoms with Crippen LogP contribution in [0.5, 0.6) is 0 Å². The van der Waals surface area contributed by atoms with E-state index in [0.29, 0.717) is 6.42 Å². The molecule has 3 aliphatic heterocycles. The summed E-state index contributed by atoms with van der Waals surface area (Å²) in [5.41, 5.74) is -4.51. The molecule has 5 N–H and O–H groups in total. The maximum absolute atomic E-state index is 14.1. The molecule has 0 saturated carbocycles. The van der Waals surface area contributed by atoms with E-state index in [2.05, 4.69) is 4.90 Å². The number of carbonyl (C=O) groups is 1. The van der Waals surface area contributed by atoms with Gasteiger partial charge >= 0.3 is 5.97 Å². The Bertz CT molecular complexity index is 1090. The average molecular weight is 720 g/mol. The number of esters is 1. The SMILES string of the molecule is CC[C@H]1OC(=O)[C@H](C)[C@@H](OC2CC(C)(OC)C(O)C(C)O2)[C@H](C)[C@@H](OC2CC(N(C)C)CC(C)O2)[C@@](C)(O)C[C@@H](C)[C@H](O)[C@H](C)[C@@H](O)[C@]1(C)O. The van der Waals surface area contributed by atoms with Crippen LogP contribution in [0.2, 0.25) is 0 Å². The van der Waals surface area contributed by atoms with E-state index in [1.54, 1.807) is 48.5 Å². The predicted molar refractivity (Wildman–Crippen MR) is 186 cm³/mol. The minimum Gasteiger partial charge on any atom is -0.459 e. The number of aliphatic hydroxyl groups excluding tert-OH is 3. The first kappa shape index (κ1) is 43.4. The lowest BCUT2D eigenvalue weighted by atomic mass is 9.73. The van der Waals surface area contributed by atoms with Crippen molar-refractivity contribution in [3.8, 4) is 0 Å². The van der Waals surface area contributed by atoms with Crippen molar-refractivity contribution in [3.63, 3.8) is 0 Å². The van der Waals surface area contributed by atoms with E-state index >= 15 is 0 Å². The van der Waals surface area contributed by atoms with Gasteiger partial charge in [0.15, 0.2) is 12.6 Å². The van der Waals surface area contributed by atoms with Crippen molar-refractivity contribution in [3.05, 3.63) is 0 Å². The molecule has 3 aliphatic rings. The standard InChI is InChI=1S/C37H69NO12/c1-14-26-37(10,44)31(40)21(4)29(39)19(2)17-35(8,43)33(50-27-16-25(38(11)12)15-20(3)46-27)22(5)30(23(6)34(42)48-26)49-28-18-36(9,45-13)32(41)24(7)47-28/h19-33,39-41,43-44H,14-18H2,1-13H3/t19-,20?,21+,22+,23-,24?,25?,26-,27?,28?,29+,30+,31-,32?,33-,35+,36?,37-/m1/s1. The van der Waals surface area contributed by atoms with Gasteiger partial charge in [-0.3, -0.25) is 4.79 Å². The molecule has 3 saturated heterocycles. The Labute approximate surface area is 299 Å². The molecule has 50 heavy (non-hydrogen) atoms. The van der Waals surface area contributed by atoms with Crippen LogP contribution in [0.4, 0.5) is 0 Å². The number of rotatable bonds is 7. The molecule has 3 fully saturated rings. The van der Waals surface area contributed by atoms with E-state index in [4.69, 9.17) is 28.4 Å². The zero-order valence-corrected chi connectivity index (χ0v) is 32.7. The highest BCUT2D eigenvalue weighted by Gasteiger charge is 2.53. The Balaban J connectivity index is 2.15.